The van der Waals surface area contributed by atoms with Gasteiger partial charge in [-0.15, -0.1) is 0 Å². The molecule has 0 fully saturated rings. The zero-order chi connectivity index (χ0) is 12.4. The van der Waals surface area contributed by atoms with Crippen molar-refractivity contribution in [2.75, 3.05) is 0 Å². The van der Waals surface area contributed by atoms with Crippen LogP contribution < -0.4 is 0 Å². The van der Waals surface area contributed by atoms with Gasteiger partial charge in [-0.3, -0.25) is 0 Å². The maximum Gasteiger partial charge on any atom is 0.336 e. The van der Waals surface area contributed by atoms with Crippen LogP contribution in [0.1, 0.15) is 15.9 Å². The van der Waals surface area contributed by atoms with E-state index in [1.807, 2.05) is 37.3 Å². The Labute approximate surface area is 108 Å². The largest absolute Gasteiger partial charge is 0.478 e. The zero-order valence-corrected chi connectivity index (χ0v) is 10.9. The number of carbonyl (C=O) groups is 1. The molecule has 0 amide bonds. The normalized spacial score (nSPS) is 10.2. The second-order valence-electron chi connectivity index (χ2n) is 3.79. The topological polar surface area (TPSA) is 37.3 Å². The summed E-state index contributed by atoms with van der Waals surface area (Å²) in [6, 6.07) is 13.0. The third-order valence-corrected chi connectivity index (χ3v) is 3.65. The molecule has 2 nitrogen and oxygen atoms in total. The quantitative estimate of drug-likeness (QED) is 0.903. The van der Waals surface area contributed by atoms with Crippen molar-refractivity contribution in [2.45, 2.75) is 6.92 Å². The summed E-state index contributed by atoms with van der Waals surface area (Å²) in [6.07, 6.45) is 0. The van der Waals surface area contributed by atoms with Gasteiger partial charge < -0.3 is 5.11 Å². The standard InChI is InChI=1S/C14H11BrO2/c1-9-7-8-11(14(16)17)12(13(9)15)10-5-3-2-4-6-10/h2-8H,1H3,(H,16,17). The van der Waals surface area contributed by atoms with Gasteiger partial charge in [0.25, 0.3) is 0 Å². The number of halogens is 1. The van der Waals surface area contributed by atoms with Gasteiger partial charge in [0.05, 0.1) is 5.56 Å². The van der Waals surface area contributed by atoms with Gasteiger partial charge in [-0.05, 0) is 40.0 Å². The first kappa shape index (κ1) is 11.9. The van der Waals surface area contributed by atoms with Crippen LogP contribution in [-0.2, 0) is 0 Å². The highest BCUT2D eigenvalue weighted by molar-refractivity contribution is 9.10. The first-order valence-corrected chi connectivity index (χ1v) is 5.98. The number of carboxylic acids is 1. The van der Waals surface area contributed by atoms with E-state index in [2.05, 4.69) is 15.9 Å². The summed E-state index contributed by atoms with van der Waals surface area (Å²) in [5, 5.41) is 9.22. The number of hydrogen-bond acceptors (Lipinski definition) is 1. The Morgan fingerprint density at radius 2 is 1.76 bits per heavy atom. The lowest BCUT2D eigenvalue weighted by atomic mass is 9.97. The van der Waals surface area contributed by atoms with E-state index < -0.39 is 5.97 Å². The van der Waals surface area contributed by atoms with Crippen LogP contribution in [0.3, 0.4) is 0 Å². The Hall–Kier alpha value is -1.61. The van der Waals surface area contributed by atoms with Crippen LogP contribution in [0, 0.1) is 6.92 Å². The number of aryl methyl sites for hydroxylation is 1. The molecular weight excluding hydrogens is 280 g/mol. The molecule has 0 aromatic heterocycles. The molecule has 0 spiro atoms. The number of benzene rings is 2. The number of aromatic carboxylic acids is 1. The van der Waals surface area contributed by atoms with Gasteiger partial charge in [0.2, 0.25) is 0 Å². The molecule has 0 aliphatic rings. The van der Waals surface area contributed by atoms with Crippen LogP contribution in [0.15, 0.2) is 46.9 Å². The fourth-order valence-electron chi connectivity index (χ4n) is 1.75. The third-order valence-electron chi connectivity index (χ3n) is 2.63. The van der Waals surface area contributed by atoms with Crippen molar-refractivity contribution in [3.63, 3.8) is 0 Å². The summed E-state index contributed by atoms with van der Waals surface area (Å²) in [4.78, 5) is 11.2. The Bertz CT molecular complexity index is 562. The molecule has 1 N–H and O–H groups in total. The molecule has 2 rings (SSSR count). The minimum Gasteiger partial charge on any atom is -0.478 e. The van der Waals surface area contributed by atoms with Crippen LogP contribution in [0.25, 0.3) is 11.1 Å². The van der Waals surface area contributed by atoms with E-state index in [1.54, 1.807) is 12.1 Å². The lowest BCUT2D eigenvalue weighted by molar-refractivity contribution is 0.0697. The van der Waals surface area contributed by atoms with Gasteiger partial charge in [-0.25, -0.2) is 4.79 Å². The third kappa shape index (κ3) is 2.24. The molecule has 0 unspecified atom stereocenters. The van der Waals surface area contributed by atoms with Crippen LogP contribution in [0.5, 0.6) is 0 Å². The summed E-state index contributed by atoms with van der Waals surface area (Å²) in [5.41, 5.74) is 2.97. The van der Waals surface area contributed by atoms with Crippen molar-refractivity contribution in [3.05, 3.63) is 58.1 Å². The van der Waals surface area contributed by atoms with Crippen LogP contribution in [-0.4, -0.2) is 11.1 Å². The lowest BCUT2D eigenvalue weighted by Gasteiger charge is -2.11. The summed E-state index contributed by atoms with van der Waals surface area (Å²) in [5.74, 6) is -0.912. The maximum absolute atomic E-state index is 11.2. The molecule has 2 aromatic rings. The molecule has 17 heavy (non-hydrogen) atoms. The molecule has 0 bridgehead atoms. The van der Waals surface area contributed by atoms with E-state index in [4.69, 9.17) is 0 Å². The molecule has 0 heterocycles. The van der Waals surface area contributed by atoms with Gasteiger partial charge in [0, 0.05) is 10.0 Å². The number of carboxylic acid groups (broad SMARTS) is 1. The van der Waals surface area contributed by atoms with E-state index in [-0.39, 0.29) is 0 Å². The molecule has 86 valence electrons. The van der Waals surface area contributed by atoms with Crippen molar-refractivity contribution in [1.29, 1.82) is 0 Å². The van der Waals surface area contributed by atoms with E-state index >= 15 is 0 Å². The predicted molar refractivity (Wildman–Crippen MR) is 71.3 cm³/mol. The van der Waals surface area contributed by atoms with Crippen molar-refractivity contribution in [2.24, 2.45) is 0 Å². The molecular formula is C14H11BrO2. The van der Waals surface area contributed by atoms with Crippen molar-refractivity contribution in [1.82, 2.24) is 0 Å². The molecule has 0 saturated carbocycles. The van der Waals surface area contributed by atoms with E-state index in [1.165, 1.54) is 0 Å². The van der Waals surface area contributed by atoms with Gasteiger partial charge >= 0.3 is 5.97 Å². The predicted octanol–water partition coefficient (Wildman–Crippen LogP) is 4.12. The monoisotopic (exact) mass is 290 g/mol. The molecule has 0 saturated heterocycles. The second kappa shape index (κ2) is 4.72. The SMILES string of the molecule is Cc1ccc(C(=O)O)c(-c2ccccc2)c1Br. The van der Waals surface area contributed by atoms with Gasteiger partial charge in [-0.1, -0.05) is 36.4 Å². The summed E-state index contributed by atoms with van der Waals surface area (Å²) in [6.45, 7) is 1.95. The van der Waals surface area contributed by atoms with E-state index in [0.29, 0.717) is 5.56 Å². The van der Waals surface area contributed by atoms with Crippen molar-refractivity contribution in [3.8, 4) is 11.1 Å². The van der Waals surface area contributed by atoms with Crippen LogP contribution >= 0.6 is 15.9 Å². The van der Waals surface area contributed by atoms with Crippen LogP contribution in [0.2, 0.25) is 0 Å². The smallest absolute Gasteiger partial charge is 0.336 e. The summed E-state index contributed by atoms with van der Waals surface area (Å²) in [7, 11) is 0. The molecule has 0 aliphatic carbocycles. The van der Waals surface area contributed by atoms with Gasteiger partial charge in [0.1, 0.15) is 0 Å². The van der Waals surface area contributed by atoms with Crippen molar-refractivity contribution < 1.29 is 9.90 Å². The Morgan fingerprint density at radius 3 is 2.35 bits per heavy atom. The first-order valence-electron chi connectivity index (χ1n) is 5.19. The highest BCUT2D eigenvalue weighted by Gasteiger charge is 2.15. The highest BCUT2D eigenvalue weighted by Crippen LogP contribution is 2.34. The average Bonchev–Trinajstić information content (AvgIpc) is 2.33. The zero-order valence-electron chi connectivity index (χ0n) is 9.27. The fraction of sp³-hybridized carbons (Fsp3) is 0.0714. The van der Waals surface area contributed by atoms with E-state index in [9.17, 15) is 9.90 Å². The Morgan fingerprint density at radius 1 is 1.12 bits per heavy atom. The van der Waals surface area contributed by atoms with Gasteiger partial charge in [0.15, 0.2) is 0 Å². The molecule has 0 radical (unpaired) electrons. The highest BCUT2D eigenvalue weighted by atomic mass is 79.9. The Kier molecular flexibility index (Phi) is 3.29. The van der Waals surface area contributed by atoms with Crippen LogP contribution in [0.4, 0.5) is 0 Å². The first-order chi connectivity index (χ1) is 8.11. The molecule has 3 heteroatoms. The average molecular weight is 291 g/mol. The minimum atomic E-state index is -0.912. The molecule has 0 atom stereocenters. The Balaban J connectivity index is 2.74. The minimum absolute atomic E-state index is 0.314. The fourth-order valence-corrected chi connectivity index (χ4v) is 2.32. The second-order valence-corrected chi connectivity index (χ2v) is 4.58. The van der Waals surface area contributed by atoms with Crippen molar-refractivity contribution >= 4 is 21.9 Å². The summed E-state index contributed by atoms with van der Waals surface area (Å²) < 4.78 is 0.837. The summed E-state index contributed by atoms with van der Waals surface area (Å²) >= 11 is 3.47. The number of hydrogen-bond donors (Lipinski definition) is 1. The molecule has 2 aromatic carbocycles. The maximum atomic E-state index is 11.2. The van der Waals surface area contributed by atoms with Gasteiger partial charge in [-0.2, -0.15) is 0 Å². The molecule has 0 aliphatic heterocycles. The van der Waals surface area contributed by atoms with E-state index in [0.717, 1.165) is 21.2 Å². The number of rotatable bonds is 2. The lowest BCUT2D eigenvalue weighted by Crippen LogP contribution is -2.01.